The van der Waals surface area contributed by atoms with Crippen LogP contribution in [0.3, 0.4) is 0 Å². The van der Waals surface area contributed by atoms with Crippen LogP contribution in [0.25, 0.3) is 0 Å². The minimum atomic E-state index is -4.45. The molecule has 0 aliphatic carbocycles. The maximum absolute atomic E-state index is 14.3. The van der Waals surface area contributed by atoms with Crippen molar-refractivity contribution in [2.24, 2.45) is 0 Å². The summed E-state index contributed by atoms with van der Waals surface area (Å²) in [5.74, 6) is 0. The zero-order valence-electron chi connectivity index (χ0n) is 8.94. The molecule has 76 valence electrons. The van der Waals surface area contributed by atoms with Crippen molar-refractivity contribution in [1.82, 2.24) is 0 Å². The van der Waals surface area contributed by atoms with E-state index in [1.807, 2.05) is 0 Å². The molecule has 3 heteroatoms. The van der Waals surface area contributed by atoms with Gasteiger partial charge in [0.25, 0.3) is 0 Å². The van der Waals surface area contributed by atoms with Gasteiger partial charge < -0.3 is 0 Å². The van der Waals surface area contributed by atoms with Gasteiger partial charge in [0.05, 0.1) is 0 Å². The minimum absolute atomic E-state index is 0.476. The summed E-state index contributed by atoms with van der Waals surface area (Å²) in [4.78, 5) is 0. The van der Waals surface area contributed by atoms with Crippen molar-refractivity contribution in [3.8, 4) is 0 Å². The molecule has 12 heavy (non-hydrogen) atoms. The average molecular weight is 198 g/mol. The second kappa shape index (κ2) is 3.21. The van der Waals surface area contributed by atoms with Gasteiger partial charge in [-0.15, -0.1) is 0 Å². The maximum atomic E-state index is 14.3. The molecule has 0 aliphatic rings. The van der Waals surface area contributed by atoms with Crippen molar-refractivity contribution in [3.05, 3.63) is 0 Å². The van der Waals surface area contributed by atoms with Crippen molar-refractivity contribution in [2.75, 3.05) is 0 Å². The van der Waals surface area contributed by atoms with Crippen molar-refractivity contribution < 1.29 is 8.39 Å². The predicted octanol–water partition coefficient (Wildman–Crippen LogP) is 4.53. The van der Waals surface area contributed by atoms with Gasteiger partial charge in [0.2, 0.25) is 0 Å². The van der Waals surface area contributed by atoms with Crippen molar-refractivity contribution >= 4 is 7.22 Å². The first-order valence-corrected chi connectivity index (χ1v) is 6.80. The molecule has 0 spiro atoms. The standard InChI is InChI=1S/C9H21F2P/c1-7(2)12(10,11,8(3)4)9(5)6/h7-9H,1-6H3. The van der Waals surface area contributed by atoms with Gasteiger partial charge in [-0.1, -0.05) is 0 Å². The van der Waals surface area contributed by atoms with Gasteiger partial charge in [0, 0.05) is 0 Å². The van der Waals surface area contributed by atoms with E-state index < -0.39 is 24.2 Å². The van der Waals surface area contributed by atoms with Gasteiger partial charge in [0.15, 0.2) is 0 Å². The number of rotatable bonds is 3. The van der Waals surface area contributed by atoms with E-state index in [-0.39, 0.29) is 0 Å². The molecule has 0 atom stereocenters. The molecule has 0 rings (SSSR count). The molecule has 0 amide bonds. The van der Waals surface area contributed by atoms with Crippen molar-refractivity contribution in [1.29, 1.82) is 0 Å². The molecule has 0 saturated carbocycles. The molecule has 0 fully saturated rings. The Labute approximate surface area is 74.9 Å². The van der Waals surface area contributed by atoms with Gasteiger partial charge in [-0.3, -0.25) is 0 Å². The molecule has 0 N–H and O–H groups in total. The Morgan fingerprint density at radius 3 is 0.833 bits per heavy atom. The fourth-order valence-corrected chi connectivity index (χ4v) is 5.37. The fourth-order valence-electron chi connectivity index (χ4n) is 1.79. The Kier molecular flexibility index (Phi) is 3.29. The zero-order valence-corrected chi connectivity index (χ0v) is 9.83. The summed E-state index contributed by atoms with van der Waals surface area (Å²) in [6.07, 6.45) is 0. The summed E-state index contributed by atoms with van der Waals surface area (Å²) in [6, 6.07) is 0. The Morgan fingerprint density at radius 1 is 0.667 bits per heavy atom. The summed E-state index contributed by atoms with van der Waals surface area (Å²) in [7, 11) is -4.45. The third-order valence-electron chi connectivity index (χ3n) is 2.96. The van der Waals surface area contributed by atoms with E-state index in [1.165, 1.54) is 0 Å². The molecule has 0 aliphatic heterocycles. The SMILES string of the molecule is CC(C)P(F)(F)(C(C)C)C(C)C. The molecule has 0 aromatic heterocycles. The van der Waals surface area contributed by atoms with Crippen LogP contribution in [0.1, 0.15) is 41.5 Å². The first-order valence-electron chi connectivity index (χ1n) is 4.58. The molecular weight excluding hydrogens is 177 g/mol. The fraction of sp³-hybridized carbons (Fsp3) is 1.00. The number of hydrogen-bond acceptors (Lipinski definition) is 0. The molecule has 0 bridgehead atoms. The van der Waals surface area contributed by atoms with Crippen LogP contribution in [0.15, 0.2) is 0 Å². The second-order valence-electron chi connectivity index (χ2n) is 4.38. The van der Waals surface area contributed by atoms with Gasteiger partial charge in [-0.05, 0) is 0 Å². The summed E-state index contributed by atoms with van der Waals surface area (Å²) < 4.78 is 28.6. The van der Waals surface area contributed by atoms with E-state index >= 15 is 0 Å². The van der Waals surface area contributed by atoms with Crippen LogP contribution in [-0.2, 0) is 0 Å². The molecule has 0 unspecified atom stereocenters. The van der Waals surface area contributed by atoms with Crippen LogP contribution < -0.4 is 0 Å². The normalized spacial score (nSPS) is 17.1. The van der Waals surface area contributed by atoms with Crippen molar-refractivity contribution in [3.63, 3.8) is 0 Å². The van der Waals surface area contributed by atoms with Gasteiger partial charge in [-0.25, -0.2) is 0 Å². The van der Waals surface area contributed by atoms with E-state index in [0.29, 0.717) is 0 Å². The first kappa shape index (κ1) is 12.3. The molecular formula is C9H21F2P. The van der Waals surface area contributed by atoms with E-state index in [0.717, 1.165) is 0 Å². The molecule has 0 aromatic rings. The summed E-state index contributed by atoms with van der Waals surface area (Å²) in [5.41, 5.74) is -1.43. The van der Waals surface area contributed by atoms with Crippen LogP contribution in [0.2, 0.25) is 0 Å². The van der Waals surface area contributed by atoms with Gasteiger partial charge >= 0.3 is 74.1 Å². The van der Waals surface area contributed by atoms with Crippen LogP contribution in [0, 0.1) is 0 Å². The molecule has 0 heterocycles. The first-order chi connectivity index (χ1) is 5.13. The molecule has 0 saturated heterocycles. The third kappa shape index (κ3) is 1.51. The average Bonchev–Trinajstić information content (AvgIpc) is 1.86. The Hall–Kier alpha value is 0.290. The Bertz CT molecular complexity index is 133. The zero-order chi connectivity index (χ0) is 10.2. The molecule has 0 aromatic carbocycles. The summed E-state index contributed by atoms with van der Waals surface area (Å²) in [6.45, 7) is 9.90. The van der Waals surface area contributed by atoms with Crippen LogP contribution in [0.5, 0.6) is 0 Å². The quantitative estimate of drug-likeness (QED) is 0.584. The molecule has 0 nitrogen and oxygen atoms in total. The van der Waals surface area contributed by atoms with Crippen LogP contribution >= 0.6 is 7.22 Å². The van der Waals surface area contributed by atoms with Crippen LogP contribution in [-0.4, -0.2) is 17.0 Å². The Balaban J connectivity index is 5.09. The summed E-state index contributed by atoms with van der Waals surface area (Å²) in [5, 5.41) is 0. The van der Waals surface area contributed by atoms with E-state index in [1.54, 1.807) is 41.5 Å². The van der Waals surface area contributed by atoms with E-state index in [9.17, 15) is 8.39 Å². The predicted molar refractivity (Wildman–Crippen MR) is 54.5 cm³/mol. The summed E-state index contributed by atoms with van der Waals surface area (Å²) >= 11 is 0. The van der Waals surface area contributed by atoms with Gasteiger partial charge in [0.1, 0.15) is 0 Å². The van der Waals surface area contributed by atoms with Crippen molar-refractivity contribution in [2.45, 2.75) is 58.5 Å². The molecule has 0 radical (unpaired) electrons. The number of halogens is 2. The third-order valence-corrected chi connectivity index (χ3v) is 8.88. The van der Waals surface area contributed by atoms with E-state index in [4.69, 9.17) is 0 Å². The topological polar surface area (TPSA) is 0 Å². The van der Waals surface area contributed by atoms with E-state index in [2.05, 4.69) is 0 Å². The monoisotopic (exact) mass is 198 g/mol. The Morgan fingerprint density at radius 2 is 0.833 bits per heavy atom. The number of hydrogen-bond donors (Lipinski definition) is 0. The second-order valence-corrected chi connectivity index (χ2v) is 9.67. The van der Waals surface area contributed by atoms with Gasteiger partial charge in [-0.2, -0.15) is 0 Å². The van der Waals surface area contributed by atoms with Crippen LogP contribution in [0.4, 0.5) is 8.39 Å².